The van der Waals surface area contributed by atoms with Gasteiger partial charge in [-0.3, -0.25) is 4.74 Å². The van der Waals surface area contributed by atoms with E-state index in [0.717, 1.165) is 0 Å². The summed E-state index contributed by atoms with van der Waals surface area (Å²) >= 11 is 0. The van der Waals surface area contributed by atoms with Crippen molar-refractivity contribution in [2.75, 3.05) is 26.4 Å². The van der Waals surface area contributed by atoms with Gasteiger partial charge in [0.05, 0.1) is 19.8 Å². The fraction of sp³-hybridized carbons (Fsp3) is 0.944. The molecule has 0 bridgehead atoms. The molecule has 0 aromatic carbocycles. The summed E-state index contributed by atoms with van der Waals surface area (Å²) < 4.78 is 165. The lowest BCUT2D eigenvalue weighted by Crippen LogP contribution is -2.62. The smallest absolute Gasteiger partial charge is 0.458 e. The number of rotatable bonds is 7. The first-order valence-corrected chi connectivity index (χ1v) is 10.00. The Morgan fingerprint density at radius 1 is 0.811 bits per heavy atom. The van der Waals surface area contributed by atoms with Crippen molar-refractivity contribution < 1.29 is 86.6 Å². The zero-order valence-corrected chi connectivity index (χ0v) is 19.4. The maximum atomic E-state index is 13.9. The highest BCUT2D eigenvalue weighted by Crippen LogP contribution is 2.51. The summed E-state index contributed by atoms with van der Waals surface area (Å²) in [6, 6.07) is 0. The van der Waals surface area contributed by atoms with E-state index in [4.69, 9.17) is 24.1 Å². The standard InChI is InChI=1S/C12H11F11O5.C6H12O3/c1-7(2)26-4-5(27-7)3-25-6(24)8(13,10(16,17)18)28-12(22,23)9(14,15)11(19,20)21;1-6(2)8-4-5(3-7)9-6/h5H,3-4H2,1-2H3;5,7H,3-4H2,1-2H3. The molecular weight excluding hydrogens is 553 g/mol. The third-order valence-electron chi connectivity index (χ3n) is 4.36. The van der Waals surface area contributed by atoms with Gasteiger partial charge in [-0.1, -0.05) is 0 Å². The Bertz CT molecular complexity index is 785. The summed E-state index contributed by atoms with van der Waals surface area (Å²) in [6.07, 6.45) is -22.5. The first-order valence-electron chi connectivity index (χ1n) is 10.00. The molecule has 2 saturated heterocycles. The van der Waals surface area contributed by atoms with E-state index in [1.165, 1.54) is 13.8 Å². The fourth-order valence-electron chi connectivity index (χ4n) is 2.58. The van der Waals surface area contributed by atoms with Crippen LogP contribution in [0.1, 0.15) is 27.7 Å². The molecule has 3 unspecified atom stereocenters. The topological polar surface area (TPSA) is 92.7 Å². The minimum atomic E-state index is -7.27. The lowest BCUT2D eigenvalue weighted by atomic mass is 10.2. The van der Waals surface area contributed by atoms with Crippen molar-refractivity contribution >= 4 is 5.97 Å². The Labute approximate surface area is 201 Å². The highest BCUT2D eigenvalue weighted by atomic mass is 19.4. The summed E-state index contributed by atoms with van der Waals surface area (Å²) in [5.41, 5.74) is 0. The molecule has 19 heteroatoms. The van der Waals surface area contributed by atoms with Crippen LogP contribution < -0.4 is 0 Å². The molecule has 2 aliphatic rings. The van der Waals surface area contributed by atoms with Crippen molar-refractivity contribution in [3.63, 3.8) is 0 Å². The average Bonchev–Trinajstić information content (AvgIpc) is 3.24. The van der Waals surface area contributed by atoms with E-state index in [9.17, 15) is 53.1 Å². The molecule has 1 N–H and O–H groups in total. The third kappa shape index (κ3) is 8.22. The van der Waals surface area contributed by atoms with Crippen molar-refractivity contribution in [3.8, 4) is 0 Å². The van der Waals surface area contributed by atoms with Gasteiger partial charge in [0.2, 0.25) is 0 Å². The van der Waals surface area contributed by atoms with Crippen LogP contribution in [-0.2, 0) is 33.2 Å². The van der Waals surface area contributed by atoms with Crippen LogP contribution in [0.2, 0.25) is 0 Å². The van der Waals surface area contributed by atoms with Gasteiger partial charge in [-0.15, -0.1) is 0 Å². The summed E-state index contributed by atoms with van der Waals surface area (Å²) in [6.45, 7) is 5.20. The molecule has 0 saturated carbocycles. The van der Waals surface area contributed by atoms with Crippen LogP contribution >= 0.6 is 0 Å². The minimum Gasteiger partial charge on any atom is -0.458 e. The summed E-state index contributed by atoms with van der Waals surface area (Å²) in [4.78, 5) is 11.3. The number of aliphatic hydroxyl groups excluding tert-OH is 1. The Hall–Kier alpha value is -1.54. The van der Waals surface area contributed by atoms with Gasteiger partial charge in [-0.2, -0.15) is 48.3 Å². The Morgan fingerprint density at radius 3 is 1.54 bits per heavy atom. The van der Waals surface area contributed by atoms with E-state index < -0.39 is 67.1 Å². The molecule has 3 atom stereocenters. The monoisotopic (exact) mass is 576 g/mol. The van der Waals surface area contributed by atoms with Gasteiger partial charge in [0.1, 0.15) is 18.8 Å². The second-order valence-corrected chi connectivity index (χ2v) is 8.47. The highest BCUT2D eigenvalue weighted by molar-refractivity contribution is 5.79. The van der Waals surface area contributed by atoms with Crippen LogP contribution in [0.3, 0.4) is 0 Å². The van der Waals surface area contributed by atoms with Crippen LogP contribution in [0.25, 0.3) is 0 Å². The molecule has 220 valence electrons. The zero-order chi connectivity index (χ0) is 29.3. The van der Waals surface area contributed by atoms with Crippen LogP contribution in [-0.4, -0.2) is 91.5 Å². The molecule has 0 aliphatic carbocycles. The maximum absolute atomic E-state index is 13.9. The van der Waals surface area contributed by atoms with Gasteiger partial charge in [-0.05, 0) is 27.7 Å². The maximum Gasteiger partial charge on any atom is 0.462 e. The Balaban J connectivity index is 0.000000635. The normalized spacial score (nSPS) is 25.7. The summed E-state index contributed by atoms with van der Waals surface area (Å²) in [7, 11) is 0. The van der Waals surface area contributed by atoms with Crippen LogP contribution in [0, 0.1) is 0 Å². The number of carbonyl (C=O) groups excluding carboxylic acids is 1. The molecule has 2 heterocycles. The molecule has 0 aromatic heterocycles. The van der Waals surface area contributed by atoms with E-state index in [1.807, 2.05) is 13.8 Å². The van der Waals surface area contributed by atoms with Gasteiger partial charge < -0.3 is 28.8 Å². The summed E-state index contributed by atoms with van der Waals surface area (Å²) in [5.74, 6) is -18.7. The minimum absolute atomic E-state index is 0.0451. The van der Waals surface area contributed by atoms with Crippen molar-refractivity contribution in [2.45, 2.75) is 81.7 Å². The van der Waals surface area contributed by atoms with Crippen molar-refractivity contribution in [3.05, 3.63) is 0 Å². The molecular formula is C18H23F11O8. The predicted molar refractivity (Wildman–Crippen MR) is 94.8 cm³/mol. The van der Waals surface area contributed by atoms with E-state index >= 15 is 0 Å². The van der Waals surface area contributed by atoms with Gasteiger partial charge >= 0.3 is 36.2 Å². The molecule has 2 fully saturated rings. The molecule has 0 amide bonds. The molecule has 2 rings (SSSR count). The van der Waals surface area contributed by atoms with E-state index in [-0.39, 0.29) is 12.7 Å². The van der Waals surface area contributed by atoms with Crippen molar-refractivity contribution in [1.82, 2.24) is 0 Å². The predicted octanol–water partition coefficient (Wildman–Crippen LogP) is 3.85. The van der Waals surface area contributed by atoms with Gasteiger partial charge in [0, 0.05) is 0 Å². The molecule has 0 aromatic rings. The van der Waals surface area contributed by atoms with Gasteiger partial charge in [0.25, 0.3) is 0 Å². The second-order valence-electron chi connectivity index (χ2n) is 8.47. The molecule has 8 nitrogen and oxygen atoms in total. The quantitative estimate of drug-likeness (QED) is 0.361. The van der Waals surface area contributed by atoms with E-state index in [0.29, 0.717) is 6.61 Å². The molecule has 0 radical (unpaired) electrons. The number of esters is 1. The van der Waals surface area contributed by atoms with Crippen molar-refractivity contribution in [1.29, 1.82) is 0 Å². The molecule has 37 heavy (non-hydrogen) atoms. The third-order valence-corrected chi connectivity index (χ3v) is 4.36. The van der Waals surface area contributed by atoms with E-state index in [2.05, 4.69) is 9.47 Å². The number of alkyl halides is 11. The number of carbonyl (C=O) groups is 1. The van der Waals surface area contributed by atoms with Gasteiger partial charge in [0.15, 0.2) is 11.6 Å². The largest absolute Gasteiger partial charge is 0.462 e. The lowest BCUT2D eigenvalue weighted by molar-refractivity contribution is -0.475. The highest BCUT2D eigenvalue weighted by Gasteiger charge is 2.80. The van der Waals surface area contributed by atoms with Crippen molar-refractivity contribution in [2.24, 2.45) is 0 Å². The number of hydrogen-bond acceptors (Lipinski definition) is 8. The second kappa shape index (κ2) is 10.9. The lowest BCUT2D eigenvalue weighted by Gasteiger charge is -2.33. The first-order chi connectivity index (χ1) is 16.3. The number of halogens is 11. The SMILES string of the molecule is CC1(C)OCC(CO)O1.CC1(C)OCC(COC(=O)C(F)(OC(F)(F)C(F)(F)C(F)(F)F)C(F)(F)F)O1. The van der Waals surface area contributed by atoms with E-state index in [1.54, 1.807) is 0 Å². The van der Waals surface area contributed by atoms with Crippen LogP contribution in [0.5, 0.6) is 0 Å². The van der Waals surface area contributed by atoms with Crippen LogP contribution in [0.4, 0.5) is 48.3 Å². The molecule has 0 spiro atoms. The number of hydrogen-bond donors (Lipinski definition) is 1. The Kier molecular flexibility index (Phi) is 9.88. The number of ether oxygens (including phenoxy) is 6. The zero-order valence-electron chi connectivity index (χ0n) is 19.4. The van der Waals surface area contributed by atoms with Crippen LogP contribution in [0.15, 0.2) is 0 Å². The fourth-order valence-corrected chi connectivity index (χ4v) is 2.58. The first kappa shape index (κ1) is 33.5. The van der Waals surface area contributed by atoms with Gasteiger partial charge in [-0.25, -0.2) is 4.79 Å². The summed E-state index contributed by atoms with van der Waals surface area (Å²) in [5, 5.41) is 8.59. The number of aliphatic hydroxyl groups is 1. The average molecular weight is 576 g/mol. The molecule has 2 aliphatic heterocycles. The Morgan fingerprint density at radius 2 is 1.24 bits per heavy atom.